The maximum atomic E-state index is 13.9. The summed E-state index contributed by atoms with van der Waals surface area (Å²) in [5.74, 6) is -0.216. The summed E-state index contributed by atoms with van der Waals surface area (Å²) in [6.45, 7) is 4.11. The zero-order chi connectivity index (χ0) is 30.9. The first kappa shape index (κ1) is 28.2. The molecule has 45 heavy (non-hydrogen) atoms. The molecule has 1 aliphatic rings. The summed E-state index contributed by atoms with van der Waals surface area (Å²) < 4.78 is 0. The zero-order valence-electron chi connectivity index (χ0n) is 25.5. The Morgan fingerprint density at radius 1 is 0.489 bits per heavy atom. The van der Waals surface area contributed by atoms with Crippen molar-refractivity contribution in [2.45, 2.75) is 26.7 Å². The summed E-state index contributed by atoms with van der Waals surface area (Å²) in [5.41, 5.74) is 12.1. The molecule has 6 aromatic carbocycles. The van der Waals surface area contributed by atoms with Gasteiger partial charge >= 0.3 is 0 Å². The second-order valence-electron chi connectivity index (χ2n) is 11.7. The van der Waals surface area contributed by atoms with Crippen LogP contribution in [0.15, 0.2) is 140 Å². The Bertz CT molecular complexity index is 2030. The van der Waals surface area contributed by atoms with Crippen molar-refractivity contribution in [1.29, 1.82) is 0 Å². The third kappa shape index (κ3) is 5.38. The van der Waals surface area contributed by atoms with E-state index in [1.807, 2.05) is 73.7 Å². The van der Waals surface area contributed by atoms with Crippen molar-refractivity contribution >= 4 is 28.6 Å². The highest BCUT2D eigenvalue weighted by Crippen LogP contribution is 2.44. The average Bonchev–Trinajstić information content (AvgIpc) is 3.25. The van der Waals surface area contributed by atoms with Crippen LogP contribution in [-0.4, -0.2) is 11.6 Å². The fourth-order valence-corrected chi connectivity index (χ4v) is 6.47. The van der Waals surface area contributed by atoms with E-state index in [4.69, 9.17) is 0 Å². The third-order valence-corrected chi connectivity index (χ3v) is 8.76. The number of carbonyl (C=O) groups excluding carboxylic acids is 2. The van der Waals surface area contributed by atoms with E-state index in [1.54, 1.807) is 6.07 Å². The van der Waals surface area contributed by atoms with Crippen LogP contribution in [0.25, 0.3) is 11.1 Å². The van der Waals surface area contributed by atoms with Crippen LogP contribution in [0.5, 0.6) is 0 Å². The minimum Gasteiger partial charge on any atom is -0.310 e. The van der Waals surface area contributed by atoms with Gasteiger partial charge in [0.15, 0.2) is 11.6 Å². The molecule has 0 saturated heterocycles. The molecule has 0 radical (unpaired) electrons. The van der Waals surface area contributed by atoms with Gasteiger partial charge in [0.25, 0.3) is 0 Å². The van der Waals surface area contributed by atoms with Crippen molar-refractivity contribution in [2.75, 3.05) is 4.90 Å². The predicted molar refractivity (Wildman–Crippen MR) is 183 cm³/mol. The number of para-hydroxylation sites is 2. The van der Waals surface area contributed by atoms with E-state index in [0.29, 0.717) is 22.3 Å². The normalized spacial score (nSPS) is 12.2. The molecule has 218 valence electrons. The van der Waals surface area contributed by atoms with Crippen LogP contribution >= 0.6 is 0 Å². The monoisotopic (exact) mass is 583 g/mol. The second-order valence-corrected chi connectivity index (χ2v) is 11.7. The molecule has 3 heteroatoms. The Hall–Kier alpha value is -5.54. The molecular weight excluding hydrogens is 550 g/mol. The summed E-state index contributed by atoms with van der Waals surface area (Å²) in [5, 5.41) is 0. The molecular formula is C42H33NO2. The van der Waals surface area contributed by atoms with E-state index in [1.165, 1.54) is 22.5 Å². The van der Waals surface area contributed by atoms with Gasteiger partial charge in [-0.05, 0) is 97.0 Å². The number of fused-ring (bicyclic) bond motifs is 2. The standard InChI is InChI=1S/C42H33NO2/c1-28-12-10-17-33(24-28)42(45)36-26-34(25-35(27-36)41(44)32-15-4-3-5-16-32)37-18-11-21-38(29(37)2)43-39-19-8-6-13-30(39)22-23-31-14-7-9-20-40(31)43/h3-21,24-27H,22-23H2,1-2H3. The fraction of sp³-hybridized carbons (Fsp3) is 0.0952. The molecule has 0 fully saturated rings. The molecule has 0 bridgehead atoms. The highest BCUT2D eigenvalue weighted by Gasteiger charge is 2.24. The number of aryl methyl sites for hydroxylation is 3. The van der Waals surface area contributed by atoms with Crippen molar-refractivity contribution in [1.82, 2.24) is 0 Å². The van der Waals surface area contributed by atoms with Crippen LogP contribution in [0.1, 0.15) is 54.1 Å². The van der Waals surface area contributed by atoms with E-state index in [9.17, 15) is 9.59 Å². The molecule has 3 nitrogen and oxygen atoms in total. The zero-order valence-corrected chi connectivity index (χ0v) is 25.5. The highest BCUT2D eigenvalue weighted by molar-refractivity contribution is 6.14. The number of hydrogen-bond donors (Lipinski definition) is 0. The summed E-state index contributed by atoms with van der Waals surface area (Å²) in [4.78, 5) is 30.0. The molecule has 0 atom stereocenters. The van der Waals surface area contributed by atoms with E-state index >= 15 is 0 Å². The summed E-state index contributed by atoms with van der Waals surface area (Å²) in [6, 6.07) is 46.0. The number of hydrogen-bond acceptors (Lipinski definition) is 3. The van der Waals surface area contributed by atoms with E-state index < -0.39 is 0 Å². The number of ketones is 2. The van der Waals surface area contributed by atoms with Gasteiger partial charge < -0.3 is 4.90 Å². The molecule has 0 N–H and O–H groups in total. The molecule has 0 aromatic heterocycles. The Morgan fingerprint density at radius 2 is 1.02 bits per heavy atom. The van der Waals surface area contributed by atoms with Crippen molar-refractivity contribution in [3.63, 3.8) is 0 Å². The Morgan fingerprint density at radius 3 is 1.67 bits per heavy atom. The van der Waals surface area contributed by atoms with Gasteiger partial charge in [-0.1, -0.05) is 103 Å². The van der Waals surface area contributed by atoms with Crippen LogP contribution in [0.4, 0.5) is 17.1 Å². The predicted octanol–water partition coefficient (Wildman–Crippen LogP) is 10.0. The number of rotatable bonds is 6. The maximum absolute atomic E-state index is 13.9. The Kier molecular flexibility index (Phi) is 7.44. The van der Waals surface area contributed by atoms with Crippen LogP contribution in [-0.2, 0) is 12.8 Å². The molecule has 0 spiro atoms. The minimum absolute atomic E-state index is 0.105. The summed E-state index contributed by atoms with van der Waals surface area (Å²) >= 11 is 0. The van der Waals surface area contributed by atoms with Crippen LogP contribution < -0.4 is 4.90 Å². The first-order chi connectivity index (χ1) is 22.0. The molecule has 0 aliphatic carbocycles. The Balaban J connectivity index is 1.41. The van der Waals surface area contributed by atoms with E-state index in [2.05, 4.69) is 78.6 Å². The van der Waals surface area contributed by atoms with E-state index in [0.717, 1.165) is 40.8 Å². The lowest BCUT2D eigenvalue weighted by molar-refractivity contribution is 0.103. The average molecular weight is 584 g/mol. The van der Waals surface area contributed by atoms with Crippen LogP contribution in [0.3, 0.4) is 0 Å². The van der Waals surface area contributed by atoms with Gasteiger partial charge in [0, 0.05) is 39.3 Å². The van der Waals surface area contributed by atoms with Gasteiger partial charge in [-0.25, -0.2) is 0 Å². The van der Waals surface area contributed by atoms with Crippen molar-refractivity contribution < 1.29 is 9.59 Å². The topological polar surface area (TPSA) is 37.4 Å². The molecule has 0 unspecified atom stereocenters. The maximum Gasteiger partial charge on any atom is 0.193 e. The summed E-state index contributed by atoms with van der Waals surface area (Å²) in [7, 11) is 0. The van der Waals surface area contributed by atoms with Gasteiger partial charge in [0.2, 0.25) is 0 Å². The first-order valence-electron chi connectivity index (χ1n) is 15.4. The van der Waals surface area contributed by atoms with Gasteiger partial charge in [-0.2, -0.15) is 0 Å². The number of benzene rings is 6. The quantitative estimate of drug-likeness (QED) is 0.183. The molecule has 0 saturated carbocycles. The smallest absolute Gasteiger partial charge is 0.193 e. The fourth-order valence-electron chi connectivity index (χ4n) is 6.47. The lowest BCUT2D eigenvalue weighted by Gasteiger charge is -2.29. The third-order valence-electron chi connectivity index (χ3n) is 8.76. The SMILES string of the molecule is Cc1cccc(C(=O)c2cc(C(=O)c3ccccc3)cc(-c3cccc(N4c5ccccc5CCc5ccccc54)c3C)c2)c1. The summed E-state index contributed by atoms with van der Waals surface area (Å²) in [6.07, 6.45) is 1.94. The van der Waals surface area contributed by atoms with Crippen molar-refractivity contribution in [3.8, 4) is 11.1 Å². The molecule has 0 amide bonds. The lowest BCUT2D eigenvalue weighted by Crippen LogP contribution is -2.13. The number of carbonyl (C=O) groups is 2. The van der Waals surface area contributed by atoms with Crippen LogP contribution in [0.2, 0.25) is 0 Å². The van der Waals surface area contributed by atoms with Gasteiger partial charge in [0.1, 0.15) is 0 Å². The first-order valence-corrected chi connectivity index (χ1v) is 15.4. The number of nitrogens with zero attached hydrogens (tertiary/aromatic N) is 1. The van der Waals surface area contributed by atoms with Crippen molar-refractivity contribution in [2.24, 2.45) is 0 Å². The van der Waals surface area contributed by atoms with Gasteiger partial charge in [-0.15, -0.1) is 0 Å². The minimum atomic E-state index is -0.111. The second kappa shape index (κ2) is 11.9. The molecule has 1 heterocycles. The van der Waals surface area contributed by atoms with Crippen molar-refractivity contribution in [3.05, 3.63) is 184 Å². The number of anilines is 3. The van der Waals surface area contributed by atoms with E-state index in [-0.39, 0.29) is 11.6 Å². The largest absolute Gasteiger partial charge is 0.310 e. The van der Waals surface area contributed by atoms with Gasteiger partial charge in [-0.3, -0.25) is 9.59 Å². The molecule has 7 rings (SSSR count). The highest BCUT2D eigenvalue weighted by atomic mass is 16.1. The Labute approximate surface area is 264 Å². The molecule has 6 aromatic rings. The van der Waals surface area contributed by atoms with Crippen LogP contribution in [0, 0.1) is 13.8 Å². The molecule has 1 aliphatic heterocycles. The lowest BCUT2D eigenvalue weighted by atomic mass is 9.90. The van der Waals surface area contributed by atoms with Gasteiger partial charge in [0.05, 0.1) is 0 Å².